The molecule has 0 aromatic carbocycles. The second-order valence-corrected chi connectivity index (χ2v) is 6.19. The quantitative estimate of drug-likeness (QED) is 0.729. The van der Waals surface area contributed by atoms with Gasteiger partial charge in [0, 0.05) is 5.75 Å². The van der Waals surface area contributed by atoms with Crippen LogP contribution in [0.4, 0.5) is 0 Å². The van der Waals surface area contributed by atoms with Crippen LogP contribution in [0.2, 0.25) is 0 Å². The zero-order chi connectivity index (χ0) is 8.91. The maximum Gasteiger partial charge on any atom is 0.224 e. The minimum atomic E-state index is -3.08. The van der Waals surface area contributed by atoms with Gasteiger partial charge in [0.15, 0.2) is 0 Å². The number of rotatable bonds is 5. The second-order valence-electron chi connectivity index (χ2n) is 1.87. The molecule has 0 rings (SSSR count). The van der Waals surface area contributed by atoms with E-state index in [4.69, 9.17) is 0 Å². The zero-order valence-corrected chi connectivity index (χ0v) is 9.28. The van der Waals surface area contributed by atoms with E-state index in [9.17, 15) is 8.42 Å². The molecule has 0 fully saturated rings. The molecule has 0 aliphatic rings. The van der Waals surface area contributed by atoms with Crippen molar-refractivity contribution in [2.45, 2.75) is 4.58 Å². The highest BCUT2D eigenvalue weighted by atomic mass is 32.3. The Balaban J connectivity index is 4.25. The number of hydrogen-bond donors (Lipinski definition) is 1. The van der Waals surface area contributed by atoms with E-state index in [-0.39, 0.29) is 4.58 Å². The Kier molecular flexibility index (Phi) is 5.58. The van der Waals surface area contributed by atoms with Gasteiger partial charge in [-0.25, -0.2) is 13.1 Å². The van der Waals surface area contributed by atoms with Crippen LogP contribution in [0.15, 0.2) is 0 Å². The monoisotopic (exact) mass is 215 g/mol. The lowest BCUT2D eigenvalue weighted by Crippen LogP contribution is -2.30. The largest absolute Gasteiger partial charge is 0.224 e. The molecule has 1 N–H and O–H groups in total. The van der Waals surface area contributed by atoms with Gasteiger partial charge in [-0.05, 0) is 19.6 Å². The SMILES string of the molecule is CNS(=O)(=O)[C@@H](CSC)SC. The third-order valence-electron chi connectivity index (χ3n) is 1.20. The summed E-state index contributed by atoms with van der Waals surface area (Å²) in [6.07, 6.45) is 3.70. The lowest BCUT2D eigenvalue weighted by Gasteiger charge is -2.12. The summed E-state index contributed by atoms with van der Waals surface area (Å²) in [7, 11) is -1.64. The predicted molar refractivity (Wildman–Crippen MR) is 53.7 cm³/mol. The highest BCUT2D eigenvalue weighted by molar-refractivity contribution is 8.13. The topological polar surface area (TPSA) is 46.2 Å². The zero-order valence-electron chi connectivity index (χ0n) is 6.83. The summed E-state index contributed by atoms with van der Waals surface area (Å²) in [6.45, 7) is 0. The summed E-state index contributed by atoms with van der Waals surface area (Å²) in [5.74, 6) is 0.629. The number of thioether (sulfide) groups is 2. The van der Waals surface area contributed by atoms with E-state index in [0.717, 1.165) is 0 Å². The summed E-state index contributed by atoms with van der Waals surface area (Å²) in [4.78, 5) is 0. The summed E-state index contributed by atoms with van der Waals surface area (Å²) in [5, 5.41) is 0. The molecule has 0 aliphatic carbocycles. The third kappa shape index (κ3) is 3.68. The van der Waals surface area contributed by atoms with Crippen LogP contribution in [-0.2, 0) is 10.0 Å². The first kappa shape index (κ1) is 11.6. The Labute approximate surface area is 76.8 Å². The smallest absolute Gasteiger partial charge is 0.217 e. The molecule has 0 amide bonds. The first-order valence-electron chi connectivity index (χ1n) is 3.02. The van der Waals surface area contributed by atoms with Gasteiger partial charge in [-0.2, -0.15) is 11.8 Å². The molecule has 0 radical (unpaired) electrons. The van der Waals surface area contributed by atoms with Gasteiger partial charge in [0.2, 0.25) is 10.0 Å². The molecule has 0 aromatic rings. The van der Waals surface area contributed by atoms with E-state index in [1.54, 1.807) is 6.26 Å². The van der Waals surface area contributed by atoms with Crippen molar-refractivity contribution >= 4 is 33.5 Å². The molecule has 0 spiro atoms. The molecule has 0 aliphatic heterocycles. The Morgan fingerprint density at radius 3 is 2.27 bits per heavy atom. The highest BCUT2D eigenvalue weighted by Gasteiger charge is 2.21. The fourth-order valence-corrected chi connectivity index (χ4v) is 4.47. The van der Waals surface area contributed by atoms with Crippen molar-refractivity contribution in [3.63, 3.8) is 0 Å². The summed E-state index contributed by atoms with van der Waals surface area (Å²) >= 11 is 2.89. The number of hydrogen-bond acceptors (Lipinski definition) is 4. The lowest BCUT2D eigenvalue weighted by molar-refractivity contribution is 0.587. The molecular weight excluding hydrogens is 202 g/mol. The first-order chi connectivity index (χ1) is 5.08. The lowest BCUT2D eigenvalue weighted by atomic mass is 10.9. The average molecular weight is 215 g/mol. The molecule has 68 valence electrons. The van der Waals surface area contributed by atoms with Crippen molar-refractivity contribution in [3.05, 3.63) is 0 Å². The molecule has 0 bridgehead atoms. The third-order valence-corrected chi connectivity index (χ3v) is 5.74. The van der Waals surface area contributed by atoms with Crippen molar-refractivity contribution in [1.29, 1.82) is 0 Å². The van der Waals surface area contributed by atoms with E-state index < -0.39 is 10.0 Å². The Morgan fingerprint density at radius 2 is 2.00 bits per heavy atom. The van der Waals surface area contributed by atoms with Crippen LogP contribution in [0.1, 0.15) is 0 Å². The minimum absolute atomic E-state index is 0.331. The van der Waals surface area contributed by atoms with Gasteiger partial charge in [0.25, 0.3) is 0 Å². The molecule has 0 saturated carbocycles. The highest BCUT2D eigenvalue weighted by Crippen LogP contribution is 2.16. The fraction of sp³-hybridized carbons (Fsp3) is 1.00. The molecule has 0 heterocycles. The van der Waals surface area contributed by atoms with Gasteiger partial charge in [0.05, 0.1) is 0 Å². The first-order valence-corrected chi connectivity index (χ1v) is 7.25. The van der Waals surface area contributed by atoms with Crippen LogP contribution in [0.25, 0.3) is 0 Å². The Hall–Kier alpha value is 0.610. The Bertz CT molecular complexity index is 190. The van der Waals surface area contributed by atoms with Crippen LogP contribution in [0.5, 0.6) is 0 Å². The van der Waals surface area contributed by atoms with Gasteiger partial charge in [-0.15, -0.1) is 11.8 Å². The number of sulfonamides is 1. The van der Waals surface area contributed by atoms with E-state index in [0.29, 0.717) is 5.75 Å². The van der Waals surface area contributed by atoms with Gasteiger partial charge in [-0.1, -0.05) is 0 Å². The van der Waals surface area contributed by atoms with Crippen LogP contribution in [0, 0.1) is 0 Å². The standard InChI is InChI=1S/C5H13NO2S3/c1-6-11(7,8)5(10-3)4-9-2/h5-6H,4H2,1-3H3/t5-/m0/s1. The van der Waals surface area contributed by atoms with Gasteiger partial charge < -0.3 is 0 Å². The molecule has 0 saturated heterocycles. The second kappa shape index (κ2) is 5.29. The molecule has 1 atom stereocenters. The van der Waals surface area contributed by atoms with Crippen LogP contribution in [0.3, 0.4) is 0 Å². The van der Waals surface area contributed by atoms with Crippen molar-refractivity contribution in [1.82, 2.24) is 4.72 Å². The average Bonchev–Trinajstić information content (AvgIpc) is 2.00. The van der Waals surface area contributed by atoms with Gasteiger partial charge in [-0.3, -0.25) is 0 Å². The van der Waals surface area contributed by atoms with Crippen molar-refractivity contribution in [2.24, 2.45) is 0 Å². The van der Waals surface area contributed by atoms with Crippen molar-refractivity contribution < 1.29 is 8.42 Å². The maximum atomic E-state index is 11.2. The van der Waals surface area contributed by atoms with Crippen molar-refractivity contribution in [2.75, 3.05) is 25.3 Å². The fourth-order valence-electron chi connectivity index (χ4n) is 0.552. The van der Waals surface area contributed by atoms with E-state index >= 15 is 0 Å². The van der Waals surface area contributed by atoms with Gasteiger partial charge >= 0.3 is 0 Å². The molecule has 6 heteroatoms. The molecular formula is C5H13NO2S3. The summed E-state index contributed by atoms with van der Waals surface area (Å²) in [5.41, 5.74) is 0. The maximum absolute atomic E-state index is 11.2. The Morgan fingerprint density at radius 1 is 1.45 bits per heavy atom. The van der Waals surface area contributed by atoms with Crippen LogP contribution < -0.4 is 4.72 Å². The van der Waals surface area contributed by atoms with Crippen LogP contribution >= 0.6 is 23.5 Å². The predicted octanol–water partition coefficient (Wildman–Crippen LogP) is 0.588. The van der Waals surface area contributed by atoms with E-state index in [1.807, 2.05) is 6.26 Å². The normalized spacial score (nSPS) is 14.8. The molecule has 0 unspecified atom stereocenters. The summed E-state index contributed by atoms with van der Waals surface area (Å²) < 4.78 is 24.3. The minimum Gasteiger partial charge on any atom is -0.217 e. The van der Waals surface area contributed by atoms with Gasteiger partial charge in [0.1, 0.15) is 4.58 Å². The van der Waals surface area contributed by atoms with Crippen molar-refractivity contribution in [3.8, 4) is 0 Å². The molecule has 0 aromatic heterocycles. The van der Waals surface area contributed by atoms with E-state index in [2.05, 4.69) is 4.72 Å². The number of nitrogens with one attached hydrogen (secondary N) is 1. The van der Waals surface area contributed by atoms with Crippen LogP contribution in [-0.4, -0.2) is 38.3 Å². The molecule has 3 nitrogen and oxygen atoms in total. The van der Waals surface area contributed by atoms with E-state index in [1.165, 1.54) is 30.6 Å². The summed E-state index contributed by atoms with van der Waals surface area (Å²) in [6, 6.07) is 0. The molecule has 11 heavy (non-hydrogen) atoms.